The van der Waals surface area contributed by atoms with Crippen LogP contribution < -0.4 is 4.74 Å². The quantitative estimate of drug-likeness (QED) is 0.848. The highest BCUT2D eigenvalue weighted by Gasteiger charge is 2.14. The summed E-state index contributed by atoms with van der Waals surface area (Å²) in [6, 6.07) is 5.37. The molecule has 0 saturated carbocycles. The summed E-state index contributed by atoms with van der Waals surface area (Å²) in [6.45, 7) is 0. The minimum atomic E-state index is -0.849. The molecule has 0 amide bonds. The molecule has 1 unspecified atom stereocenters. The van der Waals surface area contributed by atoms with Crippen LogP contribution in [0.15, 0.2) is 22.7 Å². The maximum Gasteiger partial charge on any atom is 0.303 e. The molecule has 0 aliphatic rings. The van der Waals surface area contributed by atoms with Gasteiger partial charge in [0.05, 0.1) is 13.2 Å². The summed E-state index contributed by atoms with van der Waals surface area (Å²) >= 11 is 3.32. The third-order valence-corrected chi connectivity index (χ3v) is 2.91. The summed E-state index contributed by atoms with van der Waals surface area (Å²) in [6.07, 6.45) is 0.195. The van der Waals surface area contributed by atoms with E-state index in [-0.39, 0.29) is 6.42 Å². The summed E-state index contributed by atoms with van der Waals surface area (Å²) in [4.78, 5) is 10.4. The molecule has 5 heteroatoms. The zero-order valence-electron chi connectivity index (χ0n) is 9.52. The fraction of sp³-hybridized carbons (Fsp3) is 0.417. The maximum atomic E-state index is 10.4. The molecule has 0 radical (unpaired) electrons. The largest absolute Gasteiger partial charge is 0.496 e. The molecular formula is C12H15BrO4. The lowest BCUT2D eigenvalue weighted by molar-refractivity contribution is -0.137. The second kappa shape index (κ2) is 6.61. The van der Waals surface area contributed by atoms with Gasteiger partial charge in [-0.1, -0.05) is 15.9 Å². The molecule has 17 heavy (non-hydrogen) atoms. The molecule has 94 valence electrons. The summed E-state index contributed by atoms with van der Waals surface area (Å²) < 4.78 is 6.00. The van der Waals surface area contributed by atoms with Gasteiger partial charge in [0.2, 0.25) is 0 Å². The van der Waals surface area contributed by atoms with E-state index in [4.69, 9.17) is 9.84 Å². The molecule has 0 saturated heterocycles. The summed E-state index contributed by atoms with van der Waals surface area (Å²) in [5.41, 5.74) is 0.673. The van der Waals surface area contributed by atoms with Crippen LogP contribution in [-0.2, 0) is 4.79 Å². The van der Waals surface area contributed by atoms with Crippen LogP contribution in [0.3, 0.4) is 0 Å². The van der Waals surface area contributed by atoms with Crippen LogP contribution in [0.25, 0.3) is 0 Å². The molecule has 1 aromatic rings. The Morgan fingerprint density at radius 3 is 2.82 bits per heavy atom. The predicted molar refractivity (Wildman–Crippen MR) is 67.1 cm³/mol. The number of carboxylic acids is 1. The van der Waals surface area contributed by atoms with E-state index in [0.29, 0.717) is 24.2 Å². The lowest BCUT2D eigenvalue weighted by atomic mass is 10.0. The Bertz CT molecular complexity index is 392. The molecule has 0 spiro atoms. The summed E-state index contributed by atoms with van der Waals surface area (Å²) in [5.74, 6) is -0.241. The monoisotopic (exact) mass is 302 g/mol. The van der Waals surface area contributed by atoms with E-state index in [2.05, 4.69) is 15.9 Å². The average Bonchev–Trinajstić information content (AvgIpc) is 2.28. The number of halogens is 1. The predicted octanol–water partition coefficient (Wildman–Crippen LogP) is 2.75. The van der Waals surface area contributed by atoms with Gasteiger partial charge < -0.3 is 14.9 Å². The molecule has 0 aliphatic carbocycles. The zero-order valence-corrected chi connectivity index (χ0v) is 11.1. The Hall–Kier alpha value is -1.07. The number of carboxylic acid groups (broad SMARTS) is 1. The second-order valence-corrected chi connectivity index (χ2v) is 4.60. The Labute approximate surface area is 108 Å². The van der Waals surface area contributed by atoms with Crippen molar-refractivity contribution >= 4 is 21.9 Å². The van der Waals surface area contributed by atoms with Crippen LogP contribution in [0.5, 0.6) is 5.75 Å². The Morgan fingerprint density at radius 2 is 2.24 bits per heavy atom. The lowest BCUT2D eigenvalue weighted by Crippen LogP contribution is -2.02. The number of aliphatic carboxylic acids is 1. The average molecular weight is 303 g/mol. The number of rotatable bonds is 6. The van der Waals surface area contributed by atoms with E-state index in [1.807, 2.05) is 6.07 Å². The fourth-order valence-corrected chi connectivity index (χ4v) is 1.95. The number of aliphatic hydroxyl groups excluding tert-OH is 1. The van der Waals surface area contributed by atoms with E-state index >= 15 is 0 Å². The van der Waals surface area contributed by atoms with Gasteiger partial charge in [-0.15, -0.1) is 0 Å². The number of hydrogen-bond acceptors (Lipinski definition) is 3. The molecule has 2 N–H and O–H groups in total. The van der Waals surface area contributed by atoms with Crippen molar-refractivity contribution < 1.29 is 19.7 Å². The molecule has 1 atom stereocenters. The van der Waals surface area contributed by atoms with Crippen molar-refractivity contribution in [3.05, 3.63) is 28.2 Å². The van der Waals surface area contributed by atoms with Crippen molar-refractivity contribution in [1.29, 1.82) is 0 Å². The van der Waals surface area contributed by atoms with Crippen molar-refractivity contribution in [2.75, 3.05) is 7.11 Å². The van der Waals surface area contributed by atoms with Crippen LogP contribution in [0.2, 0.25) is 0 Å². The standard InChI is InChI=1S/C12H15BrO4/c1-17-11-6-5-8(13)7-9(11)10(14)3-2-4-12(15)16/h5-7,10,14H,2-4H2,1H3,(H,15,16). The smallest absolute Gasteiger partial charge is 0.303 e. The van der Waals surface area contributed by atoms with Gasteiger partial charge in [-0.25, -0.2) is 0 Å². The van der Waals surface area contributed by atoms with Gasteiger partial charge >= 0.3 is 5.97 Å². The first-order valence-electron chi connectivity index (χ1n) is 5.28. The van der Waals surface area contributed by atoms with Crippen LogP contribution in [-0.4, -0.2) is 23.3 Å². The van der Waals surface area contributed by atoms with Crippen LogP contribution >= 0.6 is 15.9 Å². The van der Waals surface area contributed by atoms with Gasteiger partial charge in [-0.05, 0) is 31.0 Å². The Morgan fingerprint density at radius 1 is 1.53 bits per heavy atom. The second-order valence-electron chi connectivity index (χ2n) is 3.69. The van der Waals surface area contributed by atoms with Crippen LogP contribution in [0.1, 0.15) is 30.9 Å². The first-order chi connectivity index (χ1) is 8.04. The first kappa shape index (κ1) is 14.0. The van der Waals surface area contributed by atoms with Crippen molar-refractivity contribution in [2.24, 2.45) is 0 Å². The van der Waals surface area contributed by atoms with Gasteiger partial charge in [-0.3, -0.25) is 4.79 Å². The lowest BCUT2D eigenvalue weighted by Gasteiger charge is -2.14. The van der Waals surface area contributed by atoms with Gasteiger partial charge in [0, 0.05) is 16.5 Å². The molecule has 1 rings (SSSR count). The van der Waals surface area contributed by atoms with Crippen LogP contribution in [0.4, 0.5) is 0 Å². The molecule has 0 bridgehead atoms. The van der Waals surface area contributed by atoms with E-state index in [0.717, 1.165) is 4.47 Å². The van der Waals surface area contributed by atoms with E-state index < -0.39 is 12.1 Å². The molecule has 4 nitrogen and oxygen atoms in total. The minimum absolute atomic E-state index is 0.0629. The topological polar surface area (TPSA) is 66.8 Å². The number of aliphatic hydroxyl groups is 1. The summed E-state index contributed by atoms with van der Waals surface area (Å²) in [5, 5.41) is 18.5. The van der Waals surface area contributed by atoms with Gasteiger partial charge in [0.15, 0.2) is 0 Å². The summed E-state index contributed by atoms with van der Waals surface area (Å²) in [7, 11) is 1.54. The SMILES string of the molecule is COc1ccc(Br)cc1C(O)CCCC(=O)O. The minimum Gasteiger partial charge on any atom is -0.496 e. The normalized spacial score (nSPS) is 12.2. The van der Waals surface area contributed by atoms with Gasteiger partial charge in [0.25, 0.3) is 0 Å². The van der Waals surface area contributed by atoms with Crippen molar-refractivity contribution in [1.82, 2.24) is 0 Å². The number of ether oxygens (including phenoxy) is 1. The van der Waals surface area contributed by atoms with E-state index in [1.54, 1.807) is 12.1 Å². The highest BCUT2D eigenvalue weighted by atomic mass is 79.9. The number of methoxy groups -OCH3 is 1. The highest BCUT2D eigenvalue weighted by Crippen LogP contribution is 2.30. The first-order valence-corrected chi connectivity index (χ1v) is 6.07. The number of hydrogen-bond donors (Lipinski definition) is 2. The molecule has 0 heterocycles. The van der Waals surface area contributed by atoms with Crippen molar-refractivity contribution in [3.63, 3.8) is 0 Å². The number of benzene rings is 1. The molecule has 0 aromatic heterocycles. The molecular weight excluding hydrogens is 288 g/mol. The molecule has 0 fully saturated rings. The number of carbonyl (C=O) groups is 1. The third-order valence-electron chi connectivity index (χ3n) is 2.42. The third kappa shape index (κ3) is 4.36. The van der Waals surface area contributed by atoms with E-state index in [9.17, 15) is 9.90 Å². The Kier molecular flexibility index (Phi) is 5.44. The van der Waals surface area contributed by atoms with Crippen LogP contribution in [0, 0.1) is 0 Å². The maximum absolute atomic E-state index is 10.4. The van der Waals surface area contributed by atoms with Gasteiger partial charge in [-0.2, -0.15) is 0 Å². The molecule has 0 aliphatic heterocycles. The highest BCUT2D eigenvalue weighted by molar-refractivity contribution is 9.10. The van der Waals surface area contributed by atoms with Crippen molar-refractivity contribution in [2.45, 2.75) is 25.4 Å². The zero-order chi connectivity index (χ0) is 12.8. The molecule has 1 aromatic carbocycles. The Balaban J connectivity index is 2.69. The fourth-order valence-electron chi connectivity index (χ4n) is 1.57. The van der Waals surface area contributed by atoms with E-state index in [1.165, 1.54) is 7.11 Å². The van der Waals surface area contributed by atoms with Gasteiger partial charge in [0.1, 0.15) is 5.75 Å². The van der Waals surface area contributed by atoms with Crippen molar-refractivity contribution in [3.8, 4) is 5.75 Å².